The number of likely N-dealkylation sites (N-methyl/N-ethyl adjacent to an activating group) is 1. The van der Waals surface area contributed by atoms with Gasteiger partial charge in [0.2, 0.25) is 0 Å². The average Bonchev–Trinajstić information content (AvgIpc) is 2.84. The second-order valence-electron chi connectivity index (χ2n) is 4.54. The molecular weight excluding hydrogens is 244 g/mol. The Bertz CT molecular complexity index is 527. The van der Waals surface area contributed by atoms with Crippen LogP contribution in [0, 0.1) is 20.8 Å². The molecule has 2 aromatic heterocycles. The predicted molar refractivity (Wildman–Crippen MR) is 75.3 cm³/mol. The molecule has 0 radical (unpaired) electrons. The van der Waals surface area contributed by atoms with E-state index < -0.39 is 0 Å². The van der Waals surface area contributed by atoms with Crippen LogP contribution in [0.1, 0.15) is 27.7 Å². The molecule has 2 rings (SSSR count). The highest BCUT2D eigenvalue weighted by molar-refractivity contribution is 7.09. The maximum atomic E-state index is 4.62. The minimum absolute atomic E-state index is 0.782. The van der Waals surface area contributed by atoms with Gasteiger partial charge in [-0.2, -0.15) is 5.10 Å². The van der Waals surface area contributed by atoms with Crippen LogP contribution in [-0.4, -0.2) is 28.4 Å². The smallest absolute Gasteiger partial charge is 0.114 e. The number of nitrogens with one attached hydrogen (secondary N) is 1. The summed E-state index contributed by atoms with van der Waals surface area (Å²) in [7, 11) is 1.98. The van der Waals surface area contributed by atoms with Gasteiger partial charge in [0.15, 0.2) is 0 Å². The van der Waals surface area contributed by atoms with E-state index in [1.807, 2.05) is 14.0 Å². The van der Waals surface area contributed by atoms with Crippen LogP contribution in [-0.2, 0) is 13.0 Å². The molecule has 0 saturated carbocycles. The molecular formula is C13H20N4S. The summed E-state index contributed by atoms with van der Waals surface area (Å²) in [6, 6.07) is 0. The van der Waals surface area contributed by atoms with Crippen LogP contribution >= 0.6 is 11.3 Å². The number of hydrogen-bond donors (Lipinski definition) is 1. The van der Waals surface area contributed by atoms with Gasteiger partial charge in [0.25, 0.3) is 0 Å². The molecule has 0 aromatic carbocycles. The minimum atomic E-state index is 0.782. The predicted octanol–water partition coefficient (Wildman–Crippen LogP) is 2.08. The van der Waals surface area contributed by atoms with Gasteiger partial charge in [0, 0.05) is 16.8 Å². The molecule has 18 heavy (non-hydrogen) atoms. The Labute approximate surface area is 112 Å². The third-order valence-electron chi connectivity index (χ3n) is 3.11. The van der Waals surface area contributed by atoms with Gasteiger partial charge in [-0.1, -0.05) is 0 Å². The summed E-state index contributed by atoms with van der Waals surface area (Å²) in [6.45, 7) is 8.03. The molecule has 0 atom stereocenters. The molecule has 0 saturated heterocycles. The first-order valence-corrected chi connectivity index (χ1v) is 7.08. The van der Waals surface area contributed by atoms with Crippen molar-refractivity contribution in [2.45, 2.75) is 33.7 Å². The summed E-state index contributed by atoms with van der Waals surface area (Å²) in [6.07, 6.45) is 1.03. The van der Waals surface area contributed by atoms with E-state index in [0.717, 1.165) is 35.9 Å². The normalized spacial score (nSPS) is 11.1. The van der Waals surface area contributed by atoms with Crippen molar-refractivity contribution in [2.75, 3.05) is 13.6 Å². The van der Waals surface area contributed by atoms with Crippen LogP contribution in [0.5, 0.6) is 0 Å². The molecule has 4 nitrogen and oxygen atoms in total. The van der Waals surface area contributed by atoms with E-state index in [9.17, 15) is 0 Å². The van der Waals surface area contributed by atoms with Gasteiger partial charge in [0.1, 0.15) is 5.01 Å². The van der Waals surface area contributed by atoms with Gasteiger partial charge >= 0.3 is 0 Å². The van der Waals surface area contributed by atoms with Crippen molar-refractivity contribution in [3.63, 3.8) is 0 Å². The molecule has 98 valence electrons. The lowest BCUT2D eigenvalue weighted by Crippen LogP contribution is -2.11. The van der Waals surface area contributed by atoms with E-state index in [1.54, 1.807) is 11.3 Å². The van der Waals surface area contributed by atoms with Crippen LogP contribution in [0.2, 0.25) is 0 Å². The van der Waals surface area contributed by atoms with Crippen molar-refractivity contribution in [1.82, 2.24) is 20.1 Å². The number of thiazole rings is 1. The van der Waals surface area contributed by atoms with E-state index in [0.29, 0.717) is 0 Å². The Hall–Kier alpha value is -1.20. The quantitative estimate of drug-likeness (QED) is 0.899. The molecule has 1 N–H and O–H groups in total. The summed E-state index contributed by atoms with van der Waals surface area (Å²) >= 11 is 1.70. The van der Waals surface area contributed by atoms with Gasteiger partial charge in [-0.25, -0.2) is 4.98 Å². The number of hydrogen-bond acceptors (Lipinski definition) is 4. The van der Waals surface area contributed by atoms with Gasteiger partial charge in [-0.15, -0.1) is 11.3 Å². The Morgan fingerprint density at radius 3 is 2.72 bits per heavy atom. The van der Waals surface area contributed by atoms with Crippen molar-refractivity contribution < 1.29 is 0 Å². The zero-order valence-electron chi connectivity index (χ0n) is 11.4. The molecule has 5 heteroatoms. The second-order valence-corrected chi connectivity index (χ2v) is 5.49. The van der Waals surface area contributed by atoms with Crippen LogP contribution in [0.25, 0.3) is 0 Å². The van der Waals surface area contributed by atoms with E-state index >= 15 is 0 Å². The summed E-state index contributed by atoms with van der Waals surface area (Å²) in [5.74, 6) is 0. The molecule has 0 unspecified atom stereocenters. The lowest BCUT2D eigenvalue weighted by atomic mass is 10.1. The SMILES string of the molecule is CNCCc1c(C)nn(Cc2nc(C)cs2)c1C. The number of aryl methyl sites for hydroxylation is 2. The molecule has 0 aliphatic carbocycles. The molecule has 0 aliphatic rings. The fourth-order valence-electron chi connectivity index (χ4n) is 2.10. The lowest BCUT2D eigenvalue weighted by molar-refractivity contribution is 0.653. The minimum Gasteiger partial charge on any atom is -0.319 e. The fourth-order valence-corrected chi connectivity index (χ4v) is 2.86. The first kappa shape index (κ1) is 13.2. The van der Waals surface area contributed by atoms with Gasteiger partial charge in [0.05, 0.1) is 12.2 Å². The summed E-state index contributed by atoms with van der Waals surface area (Å²) in [5.41, 5.74) is 4.84. The van der Waals surface area contributed by atoms with Crippen LogP contribution in [0.4, 0.5) is 0 Å². The van der Waals surface area contributed by atoms with Crippen molar-refractivity contribution >= 4 is 11.3 Å². The Morgan fingerprint density at radius 2 is 2.11 bits per heavy atom. The zero-order valence-corrected chi connectivity index (χ0v) is 12.3. The van der Waals surface area contributed by atoms with Crippen LogP contribution in [0.15, 0.2) is 5.38 Å². The maximum absolute atomic E-state index is 4.62. The summed E-state index contributed by atoms with van der Waals surface area (Å²) in [4.78, 5) is 4.49. The van der Waals surface area contributed by atoms with Crippen molar-refractivity contribution in [2.24, 2.45) is 0 Å². The number of aromatic nitrogens is 3. The van der Waals surface area contributed by atoms with Crippen molar-refractivity contribution in [1.29, 1.82) is 0 Å². The average molecular weight is 264 g/mol. The highest BCUT2D eigenvalue weighted by atomic mass is 32.1. The van der Waals surface area contributed by atoms with E-state index in [-0.39, 0.29) is 0 Å². The molecule has 0 amide bonds. The van der Waals surface area contributed by atoms with E-state index in [2.05, 4.69) is 39.3 Å². The molecule has 0 fully saturated rings. The van der Waals surface area contributed by atoms with Gasteiger partial charge in [-0.05, 0) is 46.3 Å². The first-order valence-electron chi connectivity index (χ1n) is 6.20. The Balaban J connectivity index is 2.18. The summed E-state index contributed by atoms with van der Waals surface area (Å²) < 4.78 is 2.07. The largest absolute Gasteiger partial charge is 0.319 e. The lowest BCUT2D eigenvalue weighted by Gasteiger charge is -2.03. The summed E-state index contributed by atoms with van der Waals surface area (Å²) in [5, 5.41) is 11.0. The second kappa shape index (κ2) is 5.63. The standard InChI is InChI=1S/C13H20N4S/c1-9-8-18-13(15-9)7-17-11(3)12(5-6-14-4)10(2)16-17/h8,14H,5-7H2,1-4H3. The van der Waals surface area contributed by atoms with E-state index in [4.69, 9.17) is 0 Å². The Kier molecular flexibility index (Phi) is 4.14. The Morgan fingerprint density at radius 1 is 1.33 bits per heavy atom. The number of rotatable bonds is 5. The van der Waals surface area contributed by atoms with Gasteiger partial charge < -0.3 is 5.32 Å². The van der Waals surface area contributed by atoms with Crippen molar-refractivity contribution in [3.05, 3.63) is 33.0 Å². The van der Waals surface area contributed by atoms with Crippen molar-refractivity contribution in [3.8, 4) is 0 Å². The first-order chi connectivity index (χ1) is 8.61. The molecule has 0 spiro atoms. The van der Waals surface area contributed by atoms with Gasteiger partial charge in [-0.3, -0.25) is 4.68 Å². The molecule has 2 heterocycles. The topological polar surface area (TPSA) is 42.7 Å². The zero-order chi connectivity index (χ0) is 13.1. The molecule has 0 bridgehead atoms. The maximum Gasteiger partial charge on any atom is 0.114 e. The molecule has 0 aliphatic heterocycles. The third kappa shape index (κ3) is 2.79. The van der Waals surface area contributed by atoms with E-state index in [1.165, 1.54) is 11.3 Å². The molecule has 2 aromatic rings. The van der Waals surface area contributed by atoms with Crippen LogP contribution < -0.4 is 5.32 Å². The third-order valence-corrected chi connectivity index (χ3v) is 4.06. The highest BCUT2D eigenvalue weighted by Gasteiger charge is 2.12. The monoisotopic (exact) mass is 264 g/mol. The highest BCUT2D eigenvalue weighted by Crippen LogP contribution is 2.16. The number of nitrogens with zero attached hydrogens (tertiary/aromatic N) is 3. The fraction of sp³-hybridized carbons (Fsp3) is 0.538. The van der Waals surface area contributed by atoms with Crippen LogP contribution in [0.3, 0.4) is 0 Å².